The van der Waals surface area contributed by atoms with Crippen LogP contribution >= 0.6 is 11.8 Å². The van der Waals surface area contributed by atoms with Gasteiger partial charge in [-0.15, -0.1) is 10.2 Å². The van der Waals surface area contributed by atoms with Crippen molar-refractivity contribution in [3.8, 4) is 0 Å². The van der Waals surface area contributed by atoms with Gasteiger partial charge < -0.3 is 9.67 Å². The van der Waals surface area contributed by atoms with Gasteiger partial charge in [-0.3, -0.25) is 0 Å². The summed E-state index contributed by atoms with van der Waals surface area (Å²) in [6.45, 7) is 1.81. The molecule has 7 heteroatoms. The molecule has 0 saturated heterocycles. The topological polar surface area (TPSA) is 80.9 Å². The van der Waals surface area contributed by atoms with Crippen molar-refractivity contribution in [2.24, 2.45) is 7.05 Å². The Morgan fingerprint density at radius 2 is 2.24 bits per heavy atom. The number of nitrogens with zero attached hydrogens (tertiary/aromatic N) is 4. The van der Waals surface area contributed by atoms with Gasteiger partial charge in [0.25, 0.3) is 0 Å². The highest BCUT2D eigenvalue weighted by molar-refractivity contribution is 7.99. The third-order valence-corrected chi connectivity index (χ3v) is 3.14. The van der Waals surface area contributed by atoms with E-state index >= 15 is 0 Å². The first-order chi connectivity index (χ1) is 8.08. The van der Waals surface area contributed by atoms with Gasteiger partial charge in [-0.25, -0.2) is 9.78 Å². The molecule has 0 atom stereocenters. The van der Waals surface area contributed by atoms with Crippen LogP contribution in [0, 0.1) is 6.92 Å². The van der Waals surface area contributed by atoms with Crippen LogP contribution in [0.25, 0.3) is 0 Å². The number of aromatic carboxylic acids is 1. The largest absolute Gasteiger partial charge is 0.478 e. The van der Waals surface area contributed by atoms with Crippen molar-refractivity contribution in [2.75, 3.05) is 0 Å². The minimum Gasteiger partial charge on any atom is -0.478 e. The summed E-state index contributed by atoms with van der Waals surface area (Å²) in [7, 11) is 1.79. The summed E-state index contributed by atoms with van der Waals surface area (Å²) in [6.07, 6.45) is 1.55. The van der Waals surface area contributed by atoms with E-state index in [0.717, 1.165) is 5.69 Å². The fraction of sp³-hybridized carbons (Fsp3) is 0.200. The number of hydrogen-bond acceptors (Lipinski definition) is 5. The maximum Gasteiger partial charge on any atom is 0.338 e. The Hall–Kier alpha value is -1.89. The lowest BCUT2D eigenvalue weighted by Gasteiger charge is -2.04. The average molecular weight is 250 g/mol. The lowest BCUT2D eigenvalue weighted by molar-refractivity contribution is 0.0692. The van der Waals surface area contributed by atoms with E-state index in [0.29, 0.717) is 10.2 Å². The maximum absolute atomic E-state index is 11.1. The van der Waals surface area contributed by atoms with Crippen molar-refractivity contribution < 1.29 is 9.90 Å². The van der Waals surface area contributed by atoms with E-state index in [4.69, 9.17) is 5.11 Å². The Kier molecular flexibility index (Phi) is 3.10. The van der Waals surface area contributed by atoms with Gasteiger partial charge in [0.2, 0.25) is 0 Å². The fourth-order valence-electron chi connectivity index (χ4n) is 1.22. The molecule has 0 fully saturated rings. The van der Waals surface area contributed by atoms with E-state index in [2.05, 4.69) is 15.2 Å². The summed E-state index contributed by atoms with van der Waals surface area (Å²) < 4.78 is 1.71. The van der Waals surface area contributed by atoms with Crippen molar-refractivity contribution in [2.45, 2.75) is 17.1 Å². The van der Waals surface area contributed by atoms with Gasteiger partial charge in [-0.1, -0.05) is 0 Å². The molecule has 2 heterocycles. The van der Waals surface area contributed by atoms with Crippen molar-refractivity contribution in [1.29, 1.82) is 0 Å². The lowest BCUT2D eigenvalue weighted by Crippen LogP contribution is -2.02. The Morgan fingerprint density at radius 1 is 1.47 bits per heavy atom. The van der Waals surface area contributed by atoms with Crippen molar-refractivity contribution in [3.05, 3.63) is 29.7 Å². The van der Waals surface area contributed by atoms with E-state index in [-0.39, 0.29) is 5.56 Å². The zero-order valence-corrected chi connectivity index (χ0v) is 10.1. The van der Waals surface area contributed by atoms with E-state index in [1.165, 1.54) is 11.8 Å². The third kappa shape index (κ3) is 2.44. The molecule has 0 saturated carbocycles. The number of hydrogen-bond donors (Lipinski definition) is 1. The Balaban J connectivity index is 2.41. The van der Waals surface area contributed by atoms with Crippen molar-refractivity contribution >= 4 is 17.7 Å². The summed E-state index contributed by atoms with van der Waals surface area (Å²) in [5, 5.41) is 17.7. The Labute approximate surface area is 102 Å². The normalized spacial score (nSPS) is 10.5. The summed E-state index contributed by atoms with van der Waals surface area (Å²) in [6, 6.07) is 3.22. The molecule has 88 valence electrons. The first-order valence-electron chi connectivity index (χ1n) is 4.80. The molecule has 2 rings (SSSR count). The molecule has 17 heavy (non-hydrogen) atoms. The van der Waals surface area contributed by atoms with E-state index < -0.39 is 5.97 Å². The number of aryl methyl sites for hydroxylation is 2. The van der Waals surface area contributed by atoms with Crippen LogP contribution in [0.5, 0.6) is 0 Å². The highest BCUT2D eigenvalue weighted by Gasteiger charge is 2.15. The minimum atomic E-state index is -0.998. The fourth-order valence-corrected chi connectivity index (χ4v) is 2.13. The zero-order chi connectivity index (χ0) is 12.4. The SMILES string of the molecule is Cc1ccc(C(=O)O)c(Sc2nncn2C)n1. The van der Waals surface area contributed by atoms with Crippen LogP contribution in [0.1, 0.15) is 16.1 Å². The lowest BCUT2D eigenvalue weighted by atomic mass is 10.2. The number of rotatable bonds is 3. The second-order valence-electron chi connectivity index (χ2n) is 3.44. The Bertz CT molecular complexity index is 567. The third-order valence-electron chi connectivity index (χ3n) is 2.09. The highest BCUT2D eigenvalue weighted by Crippen LogP contribution is 2.27. The van der Waals surface area contributed by atoms with Crippen LogP contribution in [0.2, 0.25) is 0 Å². The first kappa shape index (κ1) is 11.6. The molecule has 0 aliphatic rings. The number of aromatic nitrogens is 4. The first-order valence-corrected chi connectivity index (χ1v) is 5.62. The zero-order valence-electron chi connectivity index (χ0n) is 9.28. The van der Waals surface area contributed by atoms with Crippen LogP contribution in [-0.4, -0.2) is 30.8 Å². The molecule has 0 aromatic carbocycles. The number of pyridine rings is 1. The van der Waals surface area contributed by atoms with Crippen LogP contribution in [0.3, 0.4) is 0 Å². The van der Waals surface area contributed by atoms with Crippen LogP contribution < -0.4 is 0 Å². The van der Waals surface area contributed by atoms with Gasteiger partial charge in [0.15, 0.2) is 5.16 Å². The van der Waals surface area contributed by atoms with E-state index in [1.54, 1.807) is 30.1 Å². The van der Waals surface area contributed by atoms with Crippen molar-refractivity contribution in [3.63, 3.8) is 0 Å². The molecular formula is C10H10N4O2S. The molecule has 0 bridgehead atoms. The Morgan fingerprint density at radius 3 is 2.82 bits per heavy atom. The predicted octanol–water partition coefficient (Wildman–Crippen LogP) is 1.37. The second kappa shape index (κ2) is 4.54. The van der Waals surface area contributed by atoms with Gasteiger partial charge in [-0.05, 0) is 30.8 Å². The molecule has 0 radical (unpaired) electrons. The van der Waals surface area contributed by atoms with Gasteiger partial charge in [-0.2, -0.15) is 0 Å². The second-order valence-corrected chi connectivity index (χ2v) is 4.39. The van der Waals surface area contributed by atoms with Crippen LogP contribution in [0.15, 0.2) is 28.6 Å². The highest BCUT2D eigenvalue weighted by atomic mass is 32.2. The molecule has 0 spiro atoms. The minimum absolute atomic E-state index is 0.170. The molecule has 0 aliphatic carbocycles. The molecule has 2 aromatic rings. The van der Waals surface area contributed by atoms with E-state index in [9.17, 15) is 4.79 Å². The van der Waals surface area contributed by atoms with Gasteiger partial charge in [0.1, 0.15) is 11.4 Å². The van der Waals surface area contributed by atoms with E-state index in [1.807, 2.05) is 6.92 Å². The number of carbonyl (C=O) groups is 1. The number of carboxylic acid groups (broad SMARTS) is 1. The number of carboxylic acids is 1. The van der Waals surface area contributed by atoms with Gasteiger partial charge in [0, 0.05) is 12.7 Å². The maximum atomic E-state index is 11.1. The molecular weight excluding hydrogens is 240 g/mol. The van der Waals surface area contributed by atoms with Crippen LogP contribution in [0.4, 0.5) is 0 Å². The summed E-state index contributed by atoms with van der Waals surface area (Å²) in [4.78, 5) is 15.3. The van der Waals surface area contributed by atoms with Gasteiger partial charge in [0.05, 0.1) is 5.56 Å². The van der Waals surface area contributed by atoms with Crippen LogP contribution in [-0.2, 0) is 7.05 Å². The molecule has 1 N–H and O–H groups in total. The monoisotopic (exact) mass is 250 g/mol. The van der Waals surface area contributed by atoms with Gasteiger partial charge >= 0.3 is 5.97 Å². The molecule has 0 unspecified atom stereocenters. The molecule has 2 aromatic heterocycles. The quantitative estimate of drug-likeness (QED) is 0.886. The summed E-state index contributed by atoms with van der Waals surface area (Å²) >= 11 is 1.19. The predicted molar refractivity (Wildman–Crippen MR) is 61.1 cm³/mol. The molecule has 6 nitrogen and oxygen atoms in total. The summed E-state index contributed by atoms with van der Waals surface area (Å²) in [5.41, 5.74) is 0.934. The standard InChI is InChI=1S/C10H10N4O2S/c1-6-3-4-7(9(15)16)8(12-6)17-10-13-11-5-14(10)2/h3-5H,1-2H3,(H,15,16). The molecule has 0 aliphatic heterocycles. The smallest absolute Gasteiger partial charge is 0.338 e. The summed E-state index contributed by atoms with van der Waals surface area (Å²) in [5.74, 6) is -0.998. The average Bonchev–Trinajstić information content (AvgIpc) is 2.64. The molecule has 0 amide bonds. The van der Waals surface area contributed by atoms with Crippen molar-refractivity contribution in [1.82, 2.24) is 19.7 Å².